The summed E-state index contributed by atoms with van der Waals surface area (Å²) in [5, 5.41) is 0. The second-order valence-corrected chi connectivity index (χ2v) is 3.75. The van der Waals surface area contributed by atoms with E-state index in [1.807, 2.05) is 6.20 Å². The lowest BCUT2D eigenvalue weighted by Crippen LogP contribution is -2.16. The van der Waals surface area contributed by atoms with Crippen LogP contribution in [0.4, 0.5) is 0 Å². The highest BCUT2D eigenvalue weighted by molar-refractivity contribution is 4.95. The first-order valence-electron chi connectivity index (χ1n) is 5.13. The molecule has 0 spiro atoms. The fourth-order valence-corrected chi connectivity index (χ4v) is 2.19. The first kappa shape index (κ1) is 8.75. The second-order valence-electron chi connectivity index (χ2n) is 3.75. The molecule has 1 heterocycles. The number of nitrogens with zero attached hydrogens (tertiary/aromatic N) is 2. The summed E-state index contributed by atoms with van der Waals surface area (Å²) in [7, 11) is 0. The molecular weight excluding hydrogens is 162 g/mol. The summed E-state index contributed by atoms with van der Waals surface area (Å²) in [6, 6.07) is 0.662. The van der Waals surface area contributed by atoms with Gasteiger partial charge in [-0.3, -0.25) is 0 Å². The maximum Gasteiger partial charge on any atom is 0.122 e. The number of rotatable bonds is 2. The zero-order chi connectivity index (χ0) is 9.10. The molecule has 0 aromatic carbocycles. The topological polar surface area (TPSA) is 43.8 Å². The van der Waals surface area contributed by atoms with Crippen molar-refractivity contribution < 1.29 is 0 Å². The van der Waals surface area contributed by atoms with E-state index in [-0.39, 0.29) is 0 Å². The van der Waals surface area contributed by atoms with Crippen LogP contribution < -0.4 is 5.73 Å². The predicted octanol–water partition coefficient (Wildman–Crippen LogP) is 1.85. The quantitative estimate of drug-likeness (QED) is 0.753. The largest absolute Gasteiger partial charge is 0.331 e. The van der Waals surface area contributed by atoms with Crippen molar-refractivity contribution in [1.82, 2.24) is 9.55 Å². The molecule has 0 saturated heterocycles. The molecule has 1 aliphatic carbocycles. The molecule has 1 saturated carbocycles. The Balaban J connectivity index is 2.13. The average Bonchev–Trinajstić information content (AvgIpc) is 2.67. The van der Waals surface area contributed by atoms with Gasteiger partial charge >= 0.3 is 0 Å². The number of imidazole rings is 1. The highest BCUT2D eigenvalue weighted by Crippen LogP contribution is 2.28. The van der Waals surface area contributed by atoms with Gasteiger partial charge in [-0.2, -0.15) is 0 Å². The predicted molar refractivity (Wildman–Crippen MR) is 52.2 cm³/mol. The summed E-state index contributed by atoms with van der Waals surface area (Å²) in [6.07, 6.45) is 10.6. The highest BCUT2D eigenvalue weighted by Gasteiger charge is 2.16. The normalized spacial score (nSPS) is 19.2. The van der Waals surface area contributed by atoms with Gasteiger partial charge in [0.15, 0.2) is 0 Å². The summed E-state index contributed by atoms with van der Waals surface area (Å²) in [5.41, 5.74) is 5.62. The molecular formula is C10H17N3. The van der Waals surface area contributed by atoms with E-state index < -0.39 is 0 Å². The highest BCUT2D eigenvalue weighted by atomic mass is 15.1. The Kier molecular flexibility index (Phi) is 2.64. The number of hydrogen-bond donors (Lipinski definition) is 1. The van der Waals surface area contributed by atoms with E-state index in [1.54, 1.807) is 0 Å². The molecule has 1 fully saturated rings. The van der Waals surface area contributed by atoms with Crippen molar-refractivity contribution in [3.8, 4) is 0 Å². The molecule has 0 atom stereocenters. The fourth-order valence-electron chi connectivity index (χ4n) is 2.19. The van der Waals surface area contributed by atoms with E-state index in [0.717, 1.165) is 5.82 Å². The van der Waals surface area contributed by atoms with Gasteiger partial charge < -0.3 is 10.3 Å². The molecule has 0 amide bonds. The Morgan fingerprint density at radius 3 is 2.85 bits per heavy atom. The van der Waals surface area contributed by atoms with Crippen LogP contribution in [0.25, 0.3) is 0 Å². The average molecular weight is 179 g/mol. The van der Waals surface area contributed by atoms with E-state index >= 15 is 0 Å². The van der Waals surface area contributed by atoms with Crippen LogP contribution in [0.15, 0.2) is 12.4 Å². The van der Waals surface area contributed by atoms with Crippen molar-refractivity contribution in [3.63, 3.8) is 0 Å². The van der Waals surface area contributed by atoms with Gasteiger partial charge in [0.1, 0.15) is 5.82 Å². The SMILES string of the molecule is NCc1nccn1C1CCCCC1. The van der Waals surface area contributed by atoms with Gasteiger partial charge in [-0.15, -0.1) is 0 Å². The zero-order valence-electron chi connectivity index (χ0n) is 7.95. The van der Waals surface area contributed by atoms with Crippen molar-refractivity contribution >= 4 is 0 Å². The van der Waals surface area contributed by atoms with Crippen LogP contribution in [0.1, 0.15) is 44.0 Å². The molecule has 1 aliphatic rings. The second kappa shape index (κ2) is 3.92. The lowest BCUT2D eigenvalue weighted by molar-refractivity contribution is 0.346. The molecule has 3 nitrogen and oxygen atoms in total. The van der Waals surface area contributed by atoms with Gasteiger partial charge in [-0.05, 0) is 12.8 Å². The number of nitrogens with two attached hydrogens (primary N) is 1. The zero-order valence-corrected chi connectivity index (χ0v) is 7.95. The van der Waals surface area contributed by atoms with Crippen LogP contribution >= 0.6 is 0 Å². The molecule has 1 aromatic rings. The fraction of sp³-hybridized carbons (Fsp3) is 0.700. The van der Waals surface area contributed by atoms with Crippen LogP contribution in [0.2, 0.25) is 0 Å². The molecule has 0 unspecified atom stereocenters. The number of aromatic nitrogens is 2. The van der Waals surface area contributed by atoms with Gasteiger partial charge in [0, 0.05) is 18.4 Å². The van der Waals surface area contributed by atoms with Crippen molar-refractivity contribution in [3.05, 3.63) is 18.2 Å². The molecule has 0 radical (unpaired) electrons. The summed E-state index contributed by atoms with van der Waals surface area (Å²) < 4.78 is 2.26. The van der Waals surface area contributed by atoms with Gasteiger partial charge in [0.05, 0.1) is 6.54 Å². The van der Waals surface area contributed by atoms with Crippen LogP contribution in [-0.2, 0) is 6.54 Å². The Bertz CT molecular complexity index is 261. The maximum absolute atomic E-state index is 5.62. The van der Waals surface area contributed by atoms with E-state index in [9.17, 15) is 0 Å². The Morgan fingerprint density at radius 2 is 2.15 bits per heavy atom. The van der Waals surface area contributed by atoms with Crippen LogP contribution in [0.3, 0.4) is 0 Å². The van der Waals surface area contributed by atoms with E-state index in [4.69, 9.17) is 5.73 Å². The standard InChI is InChI=1S/C10H17N3/c11-8-10-12-6-7-13(10)9-4-2-1-3-5-9/h6-7,9H,1-5,8,11H2. The Morgan fingerprint density at radius 1 is 1.38 bits per heavy atom. The van der Waals surface area contributed by atoms with E-state index in [2.05, 4.69) is 15.7 Å². The van der Waals surface area contributed by atoms with Crippen LogP contribution in [-0.4, -0.2) is 9.55 Å². The summed E-state index contributed by atoms with van der Waals surface area (Å²) in [5.74, 6) is 1.03. The van der Waals surface area contributed by atoms with Gasteiger partial charge in [0.2, 0.25) is 0 Å². The lowest BCUT2D eigenvalue weighted by atomic mass is 9.95. The number of hydrogen-bond acceptors (Lipinski definition) is 2. The third kappa shape index (κ3) is 1.75. The molecule has 3 heteroatoms. The van der Waals surface area contributed by atoms with Crippen molar-refractivity contribution in [2.24, 2.45) is 5.73 Å². The smallest absolute Gasteiger partial charge is 0.122 e. The third-order valence-electron chi connectivity index (χ3n) is 2.90. The van der Waals surface area contributed by atoms with Crippen LogP contribution in [0.5, 0.6) is 0 Å². The molecule has 13 heavy (non-hydrogen) atoms. The minimum atomic E-state index is 0.559. The van der Waals surface area contributed by atoms with Gasteiger partial charge in [0.25, 0.3) is 0 Å². The van der Waals surface area contributed by atoms with Gasteiger partial charge in [-0.1, -0.05) is 19.3 Å². The van der Waals surface area contributed by atoms with E-state index in [1.165, 1.54) is 32.1 Å². The minimum Gasteiger partial charge on any atom is -0.331 e. The molecule has 72 valence electrons. The van der Waals surface area contributed by atoms with Crippen molar-refractivity contribution in [1.29, 1.82) is 0 Å². The van der Waals surface area contributed by atoms with Crippen molar-refractivity contribution in [2.75, 3.05) is 0 Å². The monoisotopic (exact) mass is 179 g/mol. The van der Waals surface area contributed by atoms with Gasteiger partial charge in [-0.25, -0.2) is 4.98 Å². The molecule has 0 aliphatic heterocycles. The molecule has 0 bridgehead atoms. The third-order valence-corrected chi connectivity index (χ3v) is 2.90. The van der Waals surface area contributed by atoms with Crippen molar-refractivity contribution in [2.45, 2.75) is 44.7 Å². The van der Waals surface area contributed by atoms with E-state index in [0.29, 0.717) is 12.6 Å². The summed E-state index contributed by atoms with van der Waals surface area (Å²) in [4.78, 5) is 4.25. The molecule has 1 aromatic heterocycles. The molecule has 2 N–H and O–H groups in total. The Hall–Kier alpha value is -0.830. The lowest BCUT2D eigenvalue weighted by Gasteiger charge is -2.24. The maximum atomic E-state index is 5.62. The molecule has 2 rings (SSSR count). The first-order valence-corrected chi connectivity index (χ1v) is 5.13. The Labute approximate surface area is 79.0 Å². The first-order chi connectivity index (χ1) is 6.42. The van der Waals surface area contributed by atoms with Crippen LogP contribution in [0, 0.1) is 0 Å². The summed E-state index contributed by atoms with van der Waals surface area (Å²) in [6.45, 7) is 0.559. The minimum absolute atomic E-state index is 0.559. The summed E-state index contributed by atoms with van der Waals surface area (Å²) >= 11 is 0.